The van der Waals surface area contributed by atoms with Crippen molar-refractivity contribution in [3.05, 3.63) is 17.5 Å². The van der Waals surface area contributed by atoms with Crippen molar-refractivity contribution in [2.45, 2.75) is 33.4 Å². The summed E-state index contributed by atoms with van der Waals surface area (Å²) in [5, 5.41) is 16.3. The van der Waals surface area contributed by atoms with E-state index in [-0.39, 0.29) is 5.92 Å². The van der Waals surface area contributed by atoms with E-state index in [9.17, 15) is 4.79 Å². The van der Waals surface area contributed by atoms with Gasteiger partial charge in [0.15, 0.2) is 0 Å². The van der Waals surface area contributed by atoms with Crippen LogP contribution in [0.3, 0.4) is 0 Å². The zero-order valence-corrected chi connectivity index (χ0v) is 10.2. The van der Waals surface area contributed by atoms with E-state index in [0.717, 1.165) is 11.3 Å². The van der Waals surface area contributed by atoms with E-state index in [1.807, 2.05) is 34.0 Å². The van der Waals surface area contributed by atoms with Gasteiger partial charge in [-0.15, -0.1) is 0 Å². The van der Waals surface area contributed by atoms with Gasteiger partial charge in [0.2, 0.25) is 0 Å². The molecule has 5 heteroatoms. The molecule has 0 fully saturated rings. The normalized spacial score (nSPS) is 13.1. The van der Waals surface area contributed by atoms with E-state index >= 15 is 0 Å². The molecule has 1 rings (SSSR count). The maximum Gasteiger partial charge on any atom is 0.320 e. The van der Waals surface area contributed by atoms with E-state index in [0.29, 0.717) is 6.54 Å². The van der Waals surface area contributed by atoms with Crippen molar-refractivity contribution in [2.75, 3.05) is 0 Å². The number of aryl methyl sites for hydroxylation is 2. The Hall–Kier alpha value is -1.36. The first-order valence-electron chi connectivity index (χ1n) is 5.37. The highest BCUT2D eigenvalue weighted by Crippen LogP contribution is 2.07. The fraction of sp³-hybridized carbons (Fsp3) is 0.636. The van der Waals surface area contributed by atoms with Crippen LogP contribution in [0.25, 0.3) is 0 Å². The van der Waals surface area contributed by atoms with Crippen LogP contribution in [0.15, 0.2) is 6.20 Å². The molecule has 0 radical (unpaired) electrons. The molecule has 16 heavy (non-hydrogen) atoms. The van der Waals surface area contributed by atoms with Gasteiger partial charge in [0.05, 0.1) is 5.69 Å². The van der Waals surface area contributed by atoms with Crippen LogP contribution in [-0.4, -0.2) is 26.9 Å². The molecule has 5 nitrogen and oxygen atoms in total. The Balaban J connectivity index is 2.62. The molecule has 0 amide bonds. The Morgan fingerprint density at radius 3 is 2.62 bits per heavy atom. The molecule has 0 aliphatic heterocycles. The average Bonchev–Trinajstić information content (AvgIpc) is 2.44. The van der Waals surface area contributed by atoms with Gasteiger partial charge in [-0.05, 0) is 12.8 Å². The lowest BCUT2D eigenvalue weighted by molar-refractivity contribution is -0.140. The SMILES string of the molecule is Cc1nn(C)cc1CNC(C(=O)O)C(C)C. The number of aliphatic carboxylic acids is 1. The van der Waals surface area contributed by atoms with Crippen molar-refractivity contribution in [1.29, 1.82) is 0 Å². The van der Waals surface area contributed by atoms with Gasteiger partial charge in [0, 0.05) is 25.4 Å². The zero-order chi connectivity index (χ0) is 12.3. The van der Waals surface area contributed by atoms with Crippen molar-refractivity contribution >= 4 is 5.97 Å². The summed E-state index contributed by atoms with van der Waals surface area (Å²) in [7, 11) is 1.85. The van der Waals surface area contributed by atoms with Gasteiger partial charge in [-0.2, -0.15) is 5.10 Å². The van der Waals surface area contributed by atoms with Crippen LogP contribution in [0.5, 0.6) is 0 Å². The van der Waals surface area contributed by atoms with Crippen molar-refractivity contribution < 1.29 is 9.90 Å². The van der Waals surface area contributed by atoms with Gasteiger partial charge in [-0.1, -0.05) is 13.8 Å². The molecule has 1 aromatic rings. The maximum atomic E-state index is 11.0. The Bertz CT molecular complexity index is 371. The minimum atomic E-state index is -0.809. The predicted octanol–water partition coefficient (Wildman–Crippen LogP) is 0.927. The minimum absolute atomic E-state index is 0.0643. The van der Waals surface area contributed by atoms with Crippen molar-refractivity contribution in [3.8, 4) is 0 Å². The molecule has 2 N–H and O–H groups in total. The van der Waals surface area contributed by atoms with Crippen LogP contribution in [0.4, 0.5) is 0 Å². The first-order valence-corrected chi connectivity index (χ1v) is 5.37. The van der Waals surface area contributed by atoms with Gasteiger partial charge in [-0.3, -0.25) is 14.8 Å². The molecule has 0 saturated heterocycles. The second kappa shape index (κ2) is 5.12. The monoisotopic (exact) mass is 225 g/mol. The van der Waals surface area contributed by atoms with E-state index in [2.05, 4.69) is 10.4 Å². The fourth-order valence-electron chi connectivity index (χ4n) is 1.65. The summed E-state index contributed by atoms with van der Waals surface area (Å²) >= 11 is 0. The maximum absolute atomic E-state index is 11.0. The summed E-state index contributed by atoms with van der Waals surface area (Å²) in [5.41, 5.74) is 1.97. The number of nitrogens with one attached hydrogen (secondary N) is 1. The first-order chi connectivity index (χ1) is 7.41. The molecule has 1 atom stereocenters. The quantitative estimate of drug-likeness (QED) is 0.782. The number of rotatable bonds is 5. The molecule has 0 saturated carbocycles. The molecule has 90 valence electrons. The molecule has 1 unspecified atom stereocenters. The molecule has 1 aromatic heterocycles. The van der Waals surface area contributed by atoms with Crippen LogP contribution < -0.4 is 5.32 Å². The number of aromatic nitrogens is 2. The summed E-state index contributed by atoms with van der Waals surface area (Å²) in [5.74, 6) is -0.744. The Labute approximate surface area is 95.5 Å². The predicted molar refractivity (Wildman–Crippen MR) is 61.0 cm³/mol. The second-order valence-electron chi connectivity index (χ2n) is 4.35. The van der Waals surface area contributed by atoms with Crippen LogP contribution >= 0.6 is 0 Å². The molecule has 0 aliphatic carbocycles. The number of carboxylic acid groups (broad SMARTS) is 1. The zero-order valence-electron chi connectivity index (χ0n) is 10.2. The third-order valence-corrected chi connectivity index (χ3v) is 2.56. The summed E-state index contributed by atoms with van der Waals surface area (Å²) in [6.45, 7) is 6.24. The first kappa shape index (κ1) is 12.7. The molecule has 0 aromatic carbocycles. The molecule has 0 aliphatic rings. The third-order valence-electron chi connectivity index (χ3n) is 2.56. The highest BCUT2D eigenvalue weighted by Gasteiger charge is 2.20. The van der Waals surface area contributed by atoms with Gasteiger partial charge in [0.25, 0.3) is 0 Å². The molecule has 0 bridgehead atoms. The highest BCUT2D eigenvalue weighted by molar-refractivity contribution is 5.73. The van der Waals surface area contributed by atoms with Gasteiger partial charge in [-0.25, -0.2) is 0 Å². The van der Waals surface area contributed by atoms with Crippen molar-refractivity contribution in [3.63, 3.8) is 0 Å². The Morgan fingerprint density at radius 2 is 2.25 bits per heavy atom. The molecular weight excluding hydrogens is 206 g/mol. The van der Waals surface area contributed by atoms with E-state index in [4.69, 9.17) is 5.11 Å². The van der Waals surface area contributed by atoms with Crippen LogP contribution in [0.2, 0.25) is 0 Å². The van der Waals surface area contributed by atoms with E-state index in [1.165, 1.54) is 0 Å². The standard InChI is InChI=1S/C11H19N3O2/c1-7(2)10(11(15)16)12-5-9-6-14(4)13-8(9)3/h6-7,10,12H,5H2,1-4H3,(H,15,16). The fourth-order valence-corrected chi connectivity index (χ4v) is 1.65. The highest BCUT2D eigenvalue weighted by atomic mass is 16.4. The molecule has 0 spiro atoms. The second-order valence-corrected chi connectivity index (χ2v) is 4.35. The number of hydrogen-bond acceptors (Lipinski definition) is 3. The van der Waals surface area contributed by atoms with Crippen molar-refractivity contribution in [1.82, 2.24) is 15.1 Å². The van der Waals surface area contributed by atoms with E-state index in [1.54, 1.807) is 4.68 Å². The van der Waals surface area contributed by atoms with Gasteiger partial charge in [0.1, 0.15) is 6.04 Å². The summed E-state index contributed by atoms with van der Waals surface area (Å²) in [4.78, 5) is 11.0. The number of carboxylic acids is 1. The topological polar surface area (TPSA) is 67.2 Å². The van der Waals surface area contributed by atoms with Gasteiger partial charge >= 0.3 is 5.97 Å². The lowest BCUT2D eigenvalue weighted by Gasteiger charge is -2.17. The molecule has 1 heterocycles. The summed E-state index contributed by atoms with van der Waals surface area (Å²) in [6.07, 6.45) is 1.90. The smallest absolute Gasteiger partial charge is 0.320 e. The van der Waals surface area contributed by atoms with Gasteiger partial charge < -0.3 is 5.11 Å². The number of hydrogen-bond donors (Lipinski definition) is 2. The van der Waals surface area contributed by atoms with E-state index < -0.39 is 12.0 Å². The molecular formula is C11H19N3O2. The summed E-state index contributed by atoms with van der Waals surface area (Å²) < 4.78 is 1.73. The average molecular weight is 225 g/mol. The Morgan fingerprint density at radius 1 is 1.62 bits per heavy atom. The summed E-state index contributed by atoms with van der Waals surface area (Å²) in [6, 6.07) is -0.514. The largest absolute Gasteiger partial charge is 0.480 e. The number of nitrogens with zero attached hydrogens (tertiary/aromatic N) is 2. The van der Waals surface area contributed by atoms with Crippen LogP contribution in [0.1, 0.15) is 25.1 Å². The minimum Gasteiger partial charge on any atom is -0.480 e. The third kappa shape index (κ3) is 3.06. The Kier molecular flexibility index (Phi) is 4.06. The van der Waals surface area contributed by atoms with Crippen LogP contribution in [0, 0.1) is 12.8 Å². The lowest BCUT2D eigenvalue weighted by atomic mass is 10.0. The lowest BCUT2D eigenvalue weighted by Crippen LogP contribution is -2.40. The van der Waals surface area contributed by atoms with Crippen molar-refractivity contribution in [2.24, 2.45) is 13.0 Å². The van der Waals surface area contributed by atoms with Crippen LogP contribution in [-0.2, 0) is 18.4 Å². The number of carbonyl (C=O) groups is 1.